The van der Waals surface area contributed by atoms with Crippen LogP contribution < -0.4 is 0 Å². The Labute approximate surface area is 133 Å². The van der Waals surface area contributed by atoms with Gasteiger partial charge < -0.3 is 4.90 Å². The average molecular weight is 307 g/mol. The number of aromatic amines is 1. The average Bonchev–Trinajstić information content (AvgIpc) is 3.04. The molecule has 1 aliphatic heterocycles. The highest BCUT2D eigenvalue weighted by molar-refractivity contribution is 6.04. The molecule has 1 N–H and O–H groups in total. The third-order valence-corrected chi connectivity index (χ3v) is 4.27. The van der Waals surface area contributed by atoms with Gasteiger partial charge in [0.15, 0.2) is 5.69 Å². The number of aryl methyl sites for hydroxylation is 1. The molecule has 4 rings (SSSR count). The minimum atomic E-state index is -0.0511. The topological polar surface area (TPSA) is 74.8 Å². The van der Waals surface area contributed by atoms with Gasteiger partial charge in [0.2, 0.25) is 0 Å². The number of amides is 1. The highest BCUT2D eigenvalue weighted by Crippen LogP contribution is 2.21. The molecular weight excluding hydrogens is 290 g/mol. The quantitative estimate of drug-likeness (QED) is 0.787. The van der Waals surface area contributed by atoms with Crippen LogP contribution in [0.1, 0.15) is 34.5 Å². The smallest absolute Gasteiger partial charge is 0.275 e. The number of nitrogens with zero attached hydrogens (tertiary/aromatic N) is 4. The predicted octanol–water partition coefficient (Wildman–Crippen LogP) is 2.11. The minimum absolute atomic E-state index is 0.0511. The van der Waals surface area contributed by atoms with Crippen LogP contribution in [-0.2, 0) is 19.4 Å². The van der Waals surface area contributed by atoms with Crippen molar-refractivity contribution in [1.29, 1.82) is 0 Å². The summed E-state index contributed by atoms with van der Waals surface area (Å²) in [6.45, 7) is 3.22. The molecule has 0 unspecified atom stereocenters. The molecule has 0 radical (unpaired) electrons. The maximum Gasteiger partial charge on any atom is 0.275 e. The van der Waals surface area contributed by atoms with Crippen molar-refractivity contribution in [1.82, 2.24) is 25.1 Å². The largest absolute Gasteiger partial charge is 0.331 e. The molecule has 0 aliphatic carbocycles. The van der Waals surface area contributed by atoms with Crippen LogP contribution in [0.15, 0.2) is 30.5 Å². The summed E-state index contributed by atoms with van der Waals surface area (Å²) in [5, 5.41) is 7.99. The molecule has 3 aromatic rings. The van der Waals surface area contributed by atoms with E-state index in [2.05, 4.69) is 20.2 Å². The van der Waals surface area contributed by atoms with Gasteiger partial charge in [-0.2, -0.15) is 5.10 Å². The lowest BCUT2D eigenvalue weighted by Crippen LogP contribution is -2.37. The van der Waals surface area contributed by atoms with Crippen molar-refractivity contribution in [3.63, 3.8) is 0 Å². The molecule has 0 bridgehead atoms. The predicted molar refractivity (Wildman–Crippen MR) is 85.9 cm³/mol. The summed E-state index contributed by atoms with van der Waals surface area (Å²) in [5.41, 5.74) is 3.45. The van der Waals surface area contributed by atoms with Crippen molar-refractivity contribution in [3.8, 4) is 0 Å². The zero-order valence-corrected chi connectivity index (χ0v) is 12.9. The second-order valence-corrected chi connectivity index (χ2v) is 5.71. The lowest BCUT2D eigenvalue weighted by molar-refractivity contribution is 0.0727. The first kappa shape index (κ1) is 13.9. The SMILES string of the molecule is CCc1ncc2c(n1)CN(C(=O)c1n[nH]c3ccccc13)CC2. The maximum atomic E-state index is 12.8. The molecular formula is C17H17N5O. The first-order chi connectivity index (χ1) is 11.3. The molecule has 0 saturated heterocycles. The fourth-order valence-electron chi connectivity index (χ4n) is 2.96. The molecule has 0 atom stereocenters. The Morgan fingerprint density at radius 3 is 3.09 bits per heavy atom. The molecule has 116 valence electrons. The molecule has 0 saturated carbocycles. The van der Waals surface area contributed by atoms with Gasteiger partial charge in [0.25, 0.3) is 5.91 Å². The Balaban J connectivity index is 1.65. The Hall–Kier alpha value is -2.76. The van der Waals surface area contributed by atoms with Crippen LogP contribution in [0.5, 0.6) is 0 Å². The van der Waals surface area contributed by atoms with Crippen LogP contribution in [0.3, 0.4) is 0 Å². The van der Waals surface area contributed by atoms with Crippen LogP contribution in [0, 0.1) is 0 Å². The number of hydrogen-bond donors (Lipinski definition) is 1. The van der Waals surface area contributed by atoms with Crippen molar-refractivity contribution >= 4 is 16.8 Å². The third kappa shape index (κ3) is 2.36. The number of para-hydroxylation sites is 1. The summed E-state index contributed by atoms with van der Waals surface area (Å²) in [6, 6.07) is 7.68. The Morgan fingerprint density at radius 2 is 2.22 bits per heavy atom. The van der Waals surface area contributed by atoms with Gasteiger partial charge >= 0.3 is 0 Å². The summed E-state index contributed by atoms with van der Waals surface area (Å²) >= 11 is 0. The highest BCUT2D eigenvalue weighted by atomic mass is 16.2. The second-order valence-electron chi connectivity index (χ2n) is 5.71. The van der Waals surface area contributed by atoms with E-state index in [1.165, 1.54) is 0 Å². The second kappa shape index (κ2) is 5.46. The Bertz CT molecular complexity index is 886. The summed E-state index contributed by atoms with van der Waals surface area (Å²) in [6.07, 6.45) is 3.48. The maximum absolute atomic E-state index is 12.8. The van der Waals surface area contributed by atoms with Crippen LogP contribution in [-0.4, -0.2) is 37.5 Å². The molecule has 1 aromatic carbocycles. The summed E-state index contributed by atoms with van der Waals surface area (Å²) < 4.78 is 0. The highest BCUT2D eigenvalue weighted by Gasteiger charge is 2.26. The third-order valence-electron chi connectivity index (χ3n) is 4.27. The number of rotatable bonds is 2. The number of carbonyl (C=O) groups excluding carboxylic acids is 1. The van der Waals surface area contributed by atoms with E-state index in [9.17, 15) is 4.79 Å². The molecule has 0 spiro atoms. The van der Waals surface area contributed by atoms with E-state index < -0.39 is 0 Å². The number of nitrogens with one attached hydrogen (secondary N) is 1. The normalized spacial score (nSPS) is 14.0. The van der Waals surface area contributed by atoms with Gasteiger partial charge in [-0.1, -0.05) is 25.1 Å². The number of benzene rings is 1. The first-order valence-corrected chi connectivity index (χ1v) is 7.82. The molecule has 6 nitrogen and oxygen atoms in total. The lowest BCUT2D eigenvalue weighted by Gasteiger charge is -2.27. The van der Waals surface area contributed by atoms with E-state index in [-0.39, 0.29) is 5.91 Å². The zero-order valence-electron chi connectivity index (χ0n) is 12.9. The van der Waals surface area contributed by atoms with E-state index in [4.69, 9.17) is 0 Å². The Morgan fingerprint density at radius 1 is 1.35 bits per heavy atom. The van der Waals surface area contributed by atoms with Crippen LogP contribution in [0.4, 0.5) is 0 Å². The monoisotopic (exact) mass is 307 g/mol. The van der Waals surface area contributed by atoms with E-state index >= 15 is 0 Å². The van der Waals surface area contributed by atoms with Gasteiger partial charge in [-0.3, -0.25) is 9.89 Å². The molecule has 1 amide bonds. The first-order valence-electron chi connectivity index (χ1n) is 7.82. The number of H-pyrrole nitrogens is 1. The summed E-state index contributed by atoms with van der Waals surface area (Å²) in [7, 11) is 0. The van der Waals surface area contributed by atoms with Crippen molar-refractivity contribution in [2.24, 2.45) is 0 Å². The molecule has 2 aromatic heterocycles. The van der Waals surface area contributed by atoms with Crippen molar-refractivity contribution in [2.45, 2.75) is 26.3 Å². The fourth-order valence-corrected chi connectivity index (χ4v) is 2.96. The van der Waals surface area contributed by atoms with Crippen LogP contribution >= 0.6 is 0 Å². The van der Waals surface area contributed by atoms with Gasteiger partial charge in [-0.15, -0.1) is 0 Å². The molecule has 0 fully saturated rings. The number of hydrogen-bond acceptors (Lipinski definition) is 4. The van der Waals surface area contributed by atoms with Gasteiger partial charge in [0, 0.05) is 24.5 Å². The number of fused-ring (bicyclic) bond motifs is 2. The van der Waals surface area contributed by atoms with Crippen LogP contribution in [0.2, 0.25) is 0 Å². The molecule has 1 aliphatic rings. The van der Waals surface area contributed by atoms with E-state index in [1.807, 2.05) is 42.3 Å². The van der Waals surface area contributed by atoms with E-state index in [0.29, 0.717) is 18.8 Å². The van der Waals surface area contributed by atoms with Gasteiger partial charge in [0.05, 0.1) is 17.8 Å². The number of aromatic nitrogens is 4. The lowest BCUT2D eigenvalue weighted by atomic mass is 10.1. The van der Waals surface area contributed by atoms with Crippen molar-refractivity contribution in [3.05, 3.63) is 53.2 Å². The zero-order chi connectivity index (χ0) is 15.8. The Kier molecular flexibility index (Phi) is 3.29. The molecule has 6 heteroatoms. The fraction of sp³-hybridized carbons (Fsp3) is 0.294. The van der Waals surface area contributed by atoms with E-state index in [1.54, 1.807) is 0 Å². The molecule has 23 heavy (non-hydrogen) atoms. The van der Waals surface area contributed by atoms with Crippen molar-refractivity contribution < 1.29 is 4.79 Å². The minimum Gasteiger partial charge on any atom is -0.331 e. The van der Waals surface area contributed by atoms with Gasteiger partial charge in [0.1, 0.15) is 5.82 Å². The standard InChI is InChI=1S/C17H17N5O/c1-2-15-18-9-11-7-8-22(10-14(11)19-15)17(23)16-12-5-3-4-6-13(12)20-21-16/h3-6,9H,2,7-8,10H2,1H3,(H,20,21). The summed E-state index contributed by atoms with van der Waals surface area (Å²) in [4.78, 5) is 23.6. The van der Waals surface area contributed by atoms with Crippen molar-refractivity contribution in [2.75, 3.05) is 6.54 Å². The summed E-state index contributed by atoms with van der Waals surface area (Å²) in [5.74, 6) is 0.771. The van der Waals surface area contributed by atoms with Crippen LogP contribution in [0.25, 0.3) is 10.9 Å². The van der Waals surface area contributed by atoms with Gasteiger partial charge in [-0.25, -0.2) is 9.97 Å². The number of carbonyl (C=O) groups is 1. The van der Waals surface area contributed by atoms with E-state index in [0.717, 1.165) is 40.8 Å². The van der Waals surface area contributed by atoms with Gasteiger partial charge in [-0.05, 0) is 18.1 Å². The molecule has 3 heterocycles.